The van der Waals surface area contributed by atoms with Crippen molar-refractivity contribution < 1.29 is 8.78 Å². The average Bonchev–Trinajstić information content (AvgIpc) is 2.37. The molecular formula is C14H14F2N2. The van der Waals surface area contributed by atoms with E-state index >= 15 is 0 Å². The molecule has 0 amide bonds. The van der Waals surface area contributed by atoms with Crippen LogP contribution in [0.5, 0.6) is 0 Å². The maximum absolute atomic E-state index is 13.8. The Morgan fingerprint density at radius 2 is 1.94 bits per heavy atom. The summed E-state index contributed by atoms with van der Waals surface area (Å²) in [4.78, 5) is 3.75. The van der Waals surface area contributed by atoms with Gasteiger partial charge in [-0.25, -0.2) is 8.78 Å². The second-order valence-corrected chi connectivity index (χ2v) is 3.98. The maximum Gasteiger partial charge on any atom is 0.142 e. The molecule has 0 bridgehead atoms. The predicted molar refractivity (Wildman–Crippen MR) is 67.0 cm³/mol. The number of pyridine rings is 1. The molecule has 0 aliphatic heterocycles. The predicted octanol–water partition coefficient (Wildman–Crippen LogP) is 3.14. The largest absolute Gasteiger partial charge is 0.313 e. The zero-order valence-corrected chi connectivity index (χ0v) is 10.1. The van der Waals surface area contributed by atoms with Crippen molar-refractivity contribution in [2.75, 3.05) is 6.54 Å². The van der Waals surface area contributed by atoms with Crippen LogP contribution in [0, 0.1) is 11.6 Å². The summed E-state index contributed by atoms with van der Waals surface area (Å²) in [5.41, 5.74) is 1.80. The zero-order valence-electron chi connectivity index (χ0n) is 10.1. The highest BCUT2D eigenvalue weighted by Gasteiger charge is 2.05. The molecule has 1 aromatic carbocycles. The van der Waals surface area contributed by atoms with Crippen molar-refractivity contribution in [3.05, 3.63) is 53.9 Å². The smallest absolute Gasteiger partial charge is 0.142 e. The van der Waals surface area contributed by atoms with Gasteiger partial charge in [-0.15, -0.1) is 0 Å². The minimum atomic E-state index is -0.426. The summed E-state index contributed by atoms with van der Waals surface area (Å²) < 4.78 is 26.8. The molecule has 1 N–H and O–H groups in total. The molecule has 0 saturated carbocycles. The summed E-state index contributed by atoms with van der Waals surface area (Å²) in [5.74, 6) is -0.720. The molecule has 18 heavy (non-hydrogen) atoms. The van der Waals surface area contributed by atoms with Gasteiger partial charge in [0.25, 0.3) is 0 Å². The monoisotopic (exact) mass is 248 g/mol. The van der Waals surface area contributed by atoms with E-state index in [4.69, 9.17) is 0 Å². The lowest BCUT2D eigenvalue weighted by Gasteiger charge is -2.07. The summed E-state index contributed by atoms with van der Waals surface area (Å²) in [6, 6.07) is 6.22. The molecule has 94 valence electrons. The minimum absolute atomic E-state index is 0.294. The molecule has 2 rings (SSSR count). The van der Waals surface area contributed by atoms with Crippen LogP contribution < -0.4 is 5.32 Å². The molecule has 0 fully saturated rings. The number of aromatic nitrogens is 1. The standard InChI is InChI=1S/C14H14F2N2/c1-2-17-7-11-4-3-10(6-14(11)16)12-5-13(15)9-18-8-12/h3-6,8-9,17H,2,7H2,1H3. The van der Waals surface area contributed by atoms with Gasteiger partial charge in [0.15, 0.2) is 0 Å². The minimum Gasteiger partial charge on any atom is -0.313 e. The average molecular weight is 248 g/mol. The van der Waals surface area contributed by atoms with Crippen molar-refractivity contribution >= 4 is 0 Å². The lowest BCUT2D eigenvalue weighted by atomic mass is 10.0. The van der Waals surface area contributed by atoms with Crippen molar-refractivity contribution in [1.29, 1.82) is 0 Å². The molecule has 0 aliphatic carbocycles. The third-order valence-electron chi connectivity index (χ3n) is 2.66. The number of nitrogens with zero attached hydrogens (tertiary/aromatic N) is 1. The lowest BCUT2D eigenvalue weighted by Crippen LogP contribution is -2.12. The Balaban J connectivity index is 2.28. The van der Waals surface area contributed by atoms with E-state index in [-0.39, 0.29) is 5.82 Å². The van der Waals surface area contributed by atoms with Gasteiger partial charge in [-0.2, -0.15) is 0 Å². The van der Waals surface area contributed by atoms with E-state index in [0.717, 1.165) is 12.7 Å². The SMILES string of the molecule is CCNCc1ccc(-c2cncc(F)c2)cc1F. The van der Waals surface area contributed by atoms with Crippen molar-refractivity contribution in [2.45, 2.75) is 13.5 Å². The highest BCUT2D eigenvalue weighted by Crippen LogP contribution is 2.21. The second kappa shape index (κ2) is 5.69. The summed E-state index contributed by atoms with van der Waals surface area (Å²) >= 11 is 0. The summed E-state index contributed by atoms with van der Waals surface area (Å²) in [6.45, 7) is 3.24. The van der Waals surface area contributed by atoms with E-state index in [0.29, 0.717) is 23.2 Å². The number of benzene rings is 1. The van der Waals surface area contributed by atoms with Gasteiger partial charge in [0, 0.05) is 23.9 Å². The fourth-order valence-corrected chi connectivity index (χ4v) is 1.70. The van der Waals surface area contributed by atoms with Crippen molar-refractivity contribution in [3.63, 3.8) is 0 Å². The van der Waals surface area contributed by atoms with Gasteiger partial charge in [-0.05, 0) is 24.2 Å². The molecule has 2 nitrogen and oxygen atoms in total. The first-order valence-electron chi connectivity index (χ1n) is 5.80. The molecule has 1 heterocycles. The molecule has 1 aromatic heterocycles. The second-order valence-electron chi connectivity index (χ2n) is 3.98. The fourth-order valence-electron chi connectivity index (χ4n) is 1.70. The van der Waals surface area contributed by atoms with Crippen molar-refractivity contribution in [2.24, 2.45) is 0 Å². The van der Waals surface area contributed by atoms with Gasteiger partial charge in [0.05, 0.1) is 6.20 Å². The van der Waals surface area contributed by atoms with Gasteiger partial charge in [-0.3, -0.25) is 4.98 Å². The normalized spacial score (nSPS) is 10.6. The highest BCUT2D eigenvalue weighted by atomic mass is 19.1. The van der Waals surface area contributed by atoms with Gasteiger partial charge >= 0.3 is 0 Å². The molecule has 0 radical (unpaired) electrons. The molecule has 0 aliphatic rings. The maximum atomic E-state index is 13.8. The van der Waals surface area contributed by atoms with Crippen LogP contribution in [0.2, 0.25) is 0 Å². The quantitative estimate of drug-likeness (QED) is 0.899. The van der Waals surface area contributed by atoms with Crippen LogP contribution in [-0.4, -0.2) is 11.5 Å². The first-order valence-corrected chi connectivity index (χ1v) is 5.80. The van der Waals surface area contributed by atoms with E-state index in [2.05, 4.69) is 10.3 Å². The highest BCUT2D eigenvalue weighted by molar-refractivity contribution is 5.62. The molecule has 0 saturated heterocycles. The van der Waals surface area contributed by atoms with E-state index in [1.54, 1.807) is 12.1 Å². The molecule has 0 atom stereocenters. The van der Waals surface area contributed by atoms with Gasteiger partial charge in [0.2, 0.25) is 0 Å². The van der Waals surface area contributed by atoms with Gasteiger partial charge < -0.3 is 5.32 Å². The van der Waals surface area contributed by atoms with Crippen LogP contribution >= 0.6 is 0 Å². The van der Waals surface area contributed by atoms with E-state index in [9.17, 15) is 8.78 Å². The third kappa shape index (κ3) is 2.90. The van der Waals surface area contributed by atoms with Crippen molar-refractivity contribution in [1.82, 2.24) is 10.3 Å². The van der Waals surface area contributed by atoms with Crippen LogP contribution in [-0.2, 0) is 6.54 Å². The molecule has 4 heteroatoms. The molecule has 0 spiro atoms. The Labute approximate surface area is 105 Å². The van der Waals surface area contributed by atoms with Gasteiger partial charge in [-0.1, -0.05) is 19.1 Å². The number of hydrogen-bond acceptors (Lipinski definition) is 2. The third-order valence-corrected chi connectivity index (χ3v) is 2.66. The van der Waals surface area contributed by atoms with E-state index in [1.807, 2.05) is 6.92 Å². The Hall–Kier alpha value is -1.81. The van der Waals surface area contributed by atoms with E-state index < -0.39 is 5.82 Å². The van der Waals surface area contributed by atoms with Gasteiger partial charge in [0.1, 0.15) is 11.6 Å². The Kier molecular flexibility index (Phi) is 3.99. The number of hydrogen-bond donors (Lipinski definition) is 1. The Bertz CT molecular complexity index is 541. The first kappa shape index (κ1) is 12.6. The van der Waals surface area contributed by atoms with Crippen LogP contribution in [0.3, 0.4) is 0 Å². The lowest BCUT2D eigenvalue weighted by molar-refractivity contribution is 0.593. The summed E-state index contributed by atoms with van der Waals surface area (Å²) in [5, 5.41) is 3.06. The molecule has 2 aromatic rings. The van der Waals surface area contributed by atoms with Crippen LogP contribution in [0.4, 0.5) is 8.78 Å². The summed E-state index contributed by atoms with van der Waals surface area (Å²) in [6.07, 6.45) is 2.64. The van der Waals surface area contributed by atoms with Crippen LogP contribution in [0.15, 0.2) is 36.7 Å². The first-order chi connectivity index (χ1) is 8.70. The van der Waals surface area contributed by atoms with Crippen LogP contribution in [0.25, 0.3) is 11.1 Å². The molecule has 0 unspecified atom stereocenters. The summed E-state index contributed by atoms with van der Waals surface area (Å²) in [7, 11) is 0. The molecular weight excluding hydrogens is 234 g/mol. The Morgan fingerprint density at radius 3 is 2.61 bits per heavy atom. The van der Waals surface area contributed by atoms with Crippen LogP contribution in [0.1, 0.15) is 12.5 Å². The van der Waals surface area contributed by atoms with E-state index in [1.165, 1.54) is 18.3 Å². The number of nitrogens with one attached hydrogen (secondary N) is 1. The number of rotatable bonds is 4. The fraction of sp³-hybridized carbons (Fsp3) is 0.214. The number of halogens is 2. The van der Waals surface area contributed by atoms with Crippen molar-refractivity contribution in [3.8, 4) is 11.1 Å². The Morgan fingerprint density at radius 1 is 1.11 bits per heavy atom. The topological polar surface area (TPSA) is 24.9 Å². The zero-order chi connectivity index (χ0) is 13.0.